The van der Waals surface area contributed by atoms with Gasteiger partial charge in [-0.3, -0.25) is 0 Å². The molecule has 1 fully saturated rings. The molecule has 1 saturated heterocycles. The molecule has 0 aromatic carbocycles. The van der Waals surface area contributed by atoms with Gasteiger partial charge in [0.25, 0.3) is 0 Å². The molecule has 1 N–H and O–H groups in total. The third-order valence-corrected chi connectivity index (χ3v) is 3.91. The van der Waals surface area contributed by atoms with Crippen LogP contribution in [0.5, 0.6) is 0 Å². The molecule has 15 heavy (non-hydrogen) atoms. The highest BCUT2D eigenvalue weighted by molar-refractivity contribution is 7.09. The molecule has 0 saturated carbocycles. The van der Waals surface area contributed by atoms with Crippen LogP contribution < -0.4 is 5.32 Å². The Balaban J connectivity index is 1.65. The number of rotatable bonds is 4. The van der Waals surface area contributed by atoms with Gasteiger partial charge in [0.2, 0.25) is 0 Å². The molecule has 84 valence electrons. The van der Waals surface area contributed by atoms with E-state index in [2.05, 4.69) is 34.8 Å². The van der Waals surface area contributed by atoms with E-state index >= 15 is 0 Å². The molecule has 1 unspecified atom stereocenters. The maximum absolute atomic E-state index is 3.56. The zero-order valence-corrected chi connectivity index (χ0v) is 10.2. The van der Waals surface area contributed by atoms with Crippen LogP contribution >= 0.6 is 11.3 Å². The highest BCUT2D eigenvalue weighted by Crippen LogP contribution is 2.14. The molecule has 1 aliphatic heterocycles. The summed E-state index contributed by atoms with van der Waals surface area (Å²) in [6.07, 6.45) is 2.75. The van der Waals surface area contributed by atoms with Crippen LogP contribution in [0.2, 0.25) is 0 Å². The fourth-order valence-corrected chi connectivity index (χ4v) is 2.93. The second kappa shape index (κ2) is 5.64. The van der Waals surface area contributed by atoms with E-state index < -0.39 is 0 Å². The Labute approximate surface area is 96.3 Å². The quantitative estimate of drug-likeness (QED) is 0.843. The van der Waals surface area contributed by atoms with Crippen LogP contribution in [0.25, 0.3) is 0 Å². The molecule has 0 aliphatic carbocycles. The van der Waals surface area contributed by atoms with Gasteiger partial charge in [-0.2, -0.15) is 0 Å². The number of nitrogens with one attached hydrogen (secondary N) is 1. The van der Waals surface area contributed by atoms with Gasteiger partial charge in [-0.1, -0.05) is 6.07 Å². The van der Waals surface area contributed by atoms with Gasteiger partial charge in [0, 0.05) is 18.0 Å². The van der Waals surface area contributed by atoms with Gasteiger partial charge in [0.15, 0.2) is 0 Å². The Morgan fingerprint density at radius 1 is 1.60 bits per heavy atom. The predicted octanol–water partition coefficient (Wildman–Crippen LogP) is 2.18. The summed E-state index contributed by atoms with van der Waals surface area (Å²) < 4.78 is 0. The summed E-state index contributed by atoms with van der Waals surface area (Å²) in [5, 5.41) is 5.71. The van der Waals surface area contributed by atoms with Crippen molar-refractivity contribution in [1.29, 1.82) is 0 Å². The maximum atomic E-state index is 3.56. The standard InChI is InChI=1S/C12H20N2S/c1-14-6-2-4-11(10-14)8-13-9-12-5-3-7-15-12/h3,5,7,11,13H,2,4,6,8-10H2,1H3. The fourth-order valence-electron chi connectivity index (χ4n) is 2.25. The highest BCUT2D eigenvalue weighted by Gasteiger charge is 2.16. The molecule has 2 nitrogen and oxygen atoms in total. The number of likely N-dealkylation sites (tertiary alicyclic amines) is 1. The Hall–Kier alpha value is -0.380. The lowest BCUT2D eigenvalue weighted by atomic mass is 9.98. The minimum Gasteiger partial charge on any atom is -0.312 e. The Bertz CT molecular complexity index is 271. The second-order valence-electron chi connectivity index (χ2n) is 4.48. The second-order valence-corrected chi connectivity index (χ2v) is 5.51. The Morgan fingerprint density at radius 3 is 3.27 bits per heavy atom. The first-order chi connectivity index (χ1) is 7.34. The van der Waals surface area contributed by atoms with E-state index in [0.717, 1.165) is 12.5 Å². The van der Waals surface area contributed by atoms with Crippen molar-refractivity contribution in [2.45, 2.75) is 19.4 Å². The third-order valence-electron chi connectivity index (χ3n) is 3.03. The molecule has 1 aromatic heterocycles. The molecule has 2 rings (SSSR count). The molecule has 0 radical (unpaired) electrons. The molecular weight excluding hydrogens is 204 g/mol. The topological polar surface area (TPSA) is 15.3 Å². The summed E-state index contributed by atoms with van der Waals surface area (Å²) in [5.74, 6) is 0.851. The molecule has 2 heterocycles. The Morgan fingerprint density at radius 2 is 2.53 bits per heavy atom. The highest BCUT2D eigenvalue weighted by atomic mass is 32.1. The minimum absolute atomic E-state index is 0.851. The zero-order valence-electron chi connectivity index (χ0n) is 9.41. The van der Waals surface area contributed by atoms with Crippen LogP contribution in [-0.2, 0) is 6.54 Å². The number of hydrogen-bond donors (Lipinski definition) is 1. The molecular formula is C12H20N2S. The Kier molecular flexibility index (Phi) is 4.18. The number of piperidine rings is 1. The molecule has 3 heteroatoms. The molecule has 1 aromatic rings. The number of thiophene rings is 1. The molecule has 1 aliphatic rings. The van der Waals surface area contributed by atoms with E-state index in [9.17, 15) is 0 Å². The molecule has 1 atom stereocenters. The number of hydrogen-bond acceptors (Lipinski definition) is 3. The average Bonchev–Trinajstić information content (AvgIpc) is 2.71. The average molecular weight is 224 g/mol. The van der Waals surface area contributed by atoms with Crippen LogP contribution in [0, 0.1) is 5.92 Å². The summed E-state index contributed by atoms with van der Waals surface area (Å²) in [6.45, 7) is 4.75. The van der Waals surface area contributed by atoms with Crippen molar-refractivity contribution in [2.75, 3.05) is 26.7 Å². The lowest BCUT2D eigenvalue weighted by molar-refractivity contribution is 0.206. The van der Waals surface area contributed by atoms with E-state index in [-0.39, 0.29) is 0 Å². The van der Waals surface area contributed by atoms with E-state index in [4.69, 9.17) is 0 Å². The first-order valence-electron chi connectivity index (χ1n) is 5.76. The molecule has 0 amide bonds. The van der Waals surface area contributed by atoms with Gasteiger partial charge >= 0.3 is 0 Å². The van der Waals surface area contributed by atoms with E-state index in [0.29, 0.717) is 0 Å². The SMILES string of the molecule is CN1CCCC(CNCc2cccs2)C1. The maximum Gasteiger partial charge on any atom is 0.0299 e. The van der Waals surface area contributed by atoms with Gasteiger partial charge in [-0.05, 0) is 50.3 Å². The van der Waals surface area contributed by atoms with Gasteiger partial charge in [-0.15, -0.1) is 11.3 Å². The summed E-state index contributed by atoms with van der Waals surface area (Å²) >= 11 is 1.84. The molecule has 0 spiro atoms. The summed E-state index contributed by atoms with van der Waals surface area (Å²) in [7, 11) is 2.23. The van der Waals surface area contributed by atoms with Gasteiger partial charge < -0.3 is 10.2 Å². The normalized spacial score (nSPS) is 23.1. The third kappa shape index (κ3) is 3.59. The first-order valence-corrected chi connectivity index (χ1v) is 6.64. The monoisotopic (exact) mass is 224 g/mol. The van der Waals surface area contributed by atoms with Crippen molar-refractivity contribution < 1.29 is 0 Å². The van der Waals surface area contributed by atoms with Crippen molar-refractivity contribution in [3.05, 3.63) is 22.4 Å². The van der Waals surface area contributed by atoms with Crippen molar-refractivity contribution >= 4 is 11.3 Å². The minimum atomic E-state index is 0.851. The van der Waals surface area contributed by atoms with Crippen molar-refractivity contribution in [3.8, 4) is 0 Å². The van der Waals surface area contributed by atoms with E-state index in [1.54, 1.807) is 0 Å². The van der Waals surface area contributed by atoms with Crippen LogP contribution in [0.3, 0.4) is 0 Å². The summed E-state index contributed by atoms with van der Waals surface area (Å²) in [5.41, 5.74) is 0. The van der Waals surface area contributed by atoms with Gasteiger partial charge in [0.05, 0.1) is 0 Å². The van der Waals surface area contributed by atoms with Crippen molar-refractivity contribution in [2.24, 2.45) is 5.92 Å². The zero-order chi connectivity index (χ0) is 10.5. The lowest BCUT2D eigenvalue weighted by Gasteiger charge is -2.29. The largest absolute Gasteiger partial charge is 0.312 e. The predicted molar refractivity (Wildman–Crippen MR) is 66.2 cm³/mol. The van der Waals surface area contributed by atoms with Gasteiger partial charge in [0.1, 0.15) is 0 Å². The summed E-state index contributed by atoms with van der Waals surface area (Å²) in [4.78, 5) is 3.89. The van der Waals surface area contributed by atoms with Crippen LogP contribution in [-0.4, -0.2) is 31.6 Å². The smallest absolute Gasteiger partial charge is 0.0299 e. The van der Waals surface area contributed by atoms with Crippen molar-refractivity contribution in [3.63, 3.8) is 0 Å². The number of nitrogens with zero attached hydrogens (tertiary/aromatic N) is 1. The fraction of sp³-hybridized carbons (Fsp3) is 0.667. The van der Waals surface area contributed by atoms with E-state index in [1.807, 2.05) is 11.3 Å². The summed E-state index contributed by atoms with van der Waals surface area (Å²) in [6, 6.07) is 4.32. The van der Waals surface area contributed by atoms with E-state index in [1.165, 1.54) is 37.4 Å². The lowest BCUT2D eigenvalue weighted by Crippen LogP contribution is -2.37. The van der Waals surface area contributed by atoms with Crippen molar-refractivity contribution in [1.82, 2.24) is 10.2 Å². The first kappa shape index (κ1) is 11.1. The van der Waals surface area contributed by atoms with Crippen LogP contribution in [0.15, 0.2) is 17.5 Å². The van der Waals surface area contributed by atoms with Gasteiger partial charge in [-0.25, -0.2) is 0 Å². The van der Waals surface area contributed by atoms with Crippen LogP contribution in [0.1, 0.15) is 17.7 Å². The molecule has 0 bridgehead atoms. The van der Waals surface area contributed by atoms with Crippen LogP contribution in [0.4, 0.5) is 0 Å².